The maximum atomic E-state index is 12.4. The van der Waals surface area contributed by atoms with Gasteiger partial charge < -0.3 is 15.1 Å². The van der Waals surface area contributed by atoms with E-state index in [1.165, 1.54) is 5.56 Å². The molecule has 2 amide bonds. The number of hydrogen-bond acceptors (Lipinski definition) is 3. The van der Waals surface area contributed by atoms with E-state index in [4.69, 9.17) is 0 Å². The van der Waals surface area contributed by atoms with Crippen molar-refractivity contribution in [1.29, 1.82) is 0 Å². The maximum Gasteiger partial charge on any atom is 0.251 e. The van der Waals surface area contributed by atoms with Gasteiger partial charge in [0.1, 0.15) is 0 Å². The zero-order chi connectivity index (χ0) is 18.7. The van der Waals surface area contributed by atoms with Crippen LogP contribution in [0, 0.1) is 0 Å². The van der Waals surface area contributed by atoms with Crippen molar-refractivity contribution in [1.82, 2.24) is 10.2 Å². The molecule has 0 saturated heterocycles. The zero-order valence-electron chi connectivity index (χ0n) is 15.6. The van der Waals surface area contributed by atoms with Crippen LogP contribution in [0.3, 0.4) is 0 Å². The summed E-state index contributed by atoms with van der Waals surface area (Å²) in [6.07, 6.45) is 0.795. The van der Waals surface area contributed by atoms with Crippen molar-refractivity contribution in [3.05, 3.63) is 64.7 Å². The Bertz CT molecular complexity index is 813. The Morgan fingerprint density at radius 1 is 1.08 bits per heavy atom. The molecule has 3 rings (SSSR count). The Kier molecular flexibility index (Phi) is 5.38. The zero-order valence-corrected chi connectivity index (χ0v) is 15.6. The van der Waals surface area contributed by atoms with Crippen molar-refractivity contribution in [3.8, 4) is 0 Å². The molecule has 0 unspecified atom stereocenters. The van der Waals surface area contributed by atoms with Gasteiger partial charge in [-0.15, -0.1) is 0 Å². The van der Waals surface area contributed by atoms with Gasteiger partial charge in [0.25, 0.3) is 5.91 Å². The highest BCUT2D eigenvalue weighted by atomic mass is 16.2. The normalized spacial score (nSPS) is 13.0. The van der Waals surface area contributed by atoms with Gasteiger partial charge in [0.15, 0.2) is 0 Å². The highest BCUT2D eigenvalue weighted by Crippen LogP contribution is 2.28. The number of amides is 2. The van der Waals surface area contributed by atoms with Crippen LogP contribution in [0.4, 0.5) is 5.69 Å². The van der Waals surface area contributed by atoms with E-state index >= 15 is 0 Å². The molecule has 0 atom stereocenters. The van der Waals surface area contributed by atoms with Crippen molar-refractivity contribution >= 4 is 17.5 Å². The van der Waals surface area contributed by atoms with Crippen molar-refractivity contribution in [2.45, 2.75) is 26.4 Å². The summed E-state index contributed by atoms with van der Waals surface area (Å²) in [5.74, 6) is -0.0508. The van der Waals surface area contributed by atoms with Crippen LogP contribution in [-0.4, -0.2) is 37.4 Å². The number of carbonyl (C=O) groups excluding carboxylic acids is 2. The molecule has 0 fully saturated rings. The van der Waals surface area contributed by atoms with E-state index in [0.717, 1.165) is 29.8 Å². The Labute approximate surface area is 154 Å². The van der Waals surface area contributed by atoms with Crippen LogP contribution in [0.2, 0.25) is 0 Å². The first-order valence-electron chi connectivity index (χ1n) is 8.86. The lowest BCUT2D eigenvalue weighted by molar-refractivity contribution is -0.116. The Morgan fingerprint density at radius 3 is 2.42 bits per heavy atom. The van der Waals surface area contributed by atoms with Crippen molar-refractivity contribution < 1.29 is 9.59 Å². The number of nitrogens with zero attached hydrogens (tertiary/aromatic N) is 2. The van der Waals surface area contributed by atoms with Crippen molar-refractivity contribution in [3.63, 3.8) is 0 Å². The molecular weight excluding hydrogens is 326 g/mol. The predicted octanol–water partition coefficient (Wildman–Crippen LogP) is 2.59. The largest absolute Gasteiger partial charge is 0.348 e. The standard InChI is InChI=1S/C21H25N3O2/c1-15(25)24-11-10-18-12-19(8-9-20(18)24)21(26)22-13-16-4-6-17(7-5-16)14-23(2)3/h4-9,12H,10-11,13-14H2,1-3H3,(H,22,26). The first kappa shape index (κ1) is 18.1. The topological polar surface area (TPSA) is 52.7 Å². The van der Waals surface area contributed by atoms with E-state index in [2.05, 4.69) is 22.3 Å². The van der Waals surface area contributed by atoms with Crippen LogP contribution >= 0.6 is 0 Å². The van der Waals surface area contributed by atoms with E-state index in [0.29, 0.717) is 18.7 Å². The molecule has 0 spiro atoms. The molecule has 1 aliphatic rings. The third kappa shape index (κ3) is 4.11. The first-order chi connectivity index (χ1) is 12.4. The van der Waals surface area contributed by atoms with Gasteiger partial charge in [-0.05, 0) is 55.4 Å². The van der Waals surface area contributed by atoms with Gasteiger partial charge in [-0.2, -0.15) is 0 Å². The monoisotopic (exact) mass is 351 g/mol. The highest BCUT2D eigenvalue weighted by Gasteiger charge is 2.23. The maximum absolute atomic E-state index is 12.4. The van der Waals surface area contributed by atoms with Gasteiger partial charge in [0, 0.05) is 37.8 Å². The van der Waals surface area contributed by atoms with E-state index in [-0.39, 0.29) is 11.8 Å². The molecule has 0 radical (unpaired) electrons. The van der Waals surface area contributed by atoms with E-state index in [9.17, 15) is 9.59 Å². The molecule has 5 heteroatoms. The van der Waals surface area contributed by atoms with Crippen molar-refractivity contribution in [2.75, 3.05) is 25.5 Å². The fourth-order valence-electron chi connectivity index (χ4n) is 3.28. The van der Waals surface area contributed by atoms with Gasteiger partial charge in [-0.3, -0.25) is 9.59 Å². The molecular formula is C21H25N3O2. The van der Waals surface area contributed by atoms with Gasteiger partial charge in [0.2, 0.25) is 5.91 Å². The number of anilines is 1. The lowest BCUT2D eigenvalue weighted by atomic mass is 10.1. The fourth-order valence-corrected chi connectivity index (χ4v) is 3.28. The van der Waals surface area contributed by atoms with E-state index < -0.39 is 0 Å². The summed E-state index contributed by atoms with van der Waals surface area (Å²) >= 11 is 0. The number of fused-ring (bicyclic) bond motifs is 1. The first-order valence-corrected chi connectivity index (χ1v) is 8.86. The smallest absolute Gasteiger partial charge is 0.251 e. The molecule has 1 aliphatic heterocycles. The number of nitrogens with one attached hydrogen (secondary N) is 1. The Morgan fingerprint density at radius 2 is 1.77 bits per heavy atom. The molecule has 0 aliphatic carbocycles. The van der Waals surface area contributed by atoms with Crippen LogP contribution in [0.5, 0.6) is 0 Å². The second kappa shape index (κ2) is 7.70. The van der Waals surface area contributed by atoms with Crippen LogP contribution in [-0.2, 0) is 24.3 Å². The summed E-state index contributed by atoms with van der Waals surface area (Å²) in [6, 6.07) is 13.8. The summed E-state index contributed by atoms with van der Waals surface area (Å²) in [6.45, 7) is 3.66. The Balaban J connectivity index is 1.61. The van der Waals surface area contributed by atoms with Crippen LogP contribution < -0.4 is 10.2 Å². The molecule has 0 bridgehead atoms. The van der Waals surface area contributed by atoms with Gasteiger partial charge in [-0.25, -0.2) is 0 Å². The molecule has 136 valence electrons. The van der Waals surface area contributed by atoms with Crippen LogP contribution in [0.25, 0.3) is 0 Å². The molecule has 0 saturated carbocycles. The molecule has 1 heterocycles. The molecule has 1 N–H and O–H groups in total. The number of benzene rings is 2. The van der Waals surface area contributed by atoms with Crippen LogP contribution in [0.1, 0.15) is 34.0 Å². The highest BCUT2D eigenvalue weighted by molar-refractivity contribution is 5.97. The predicted molar refractivity (Wildman–Crippen MR) is 103 cm³/mol. The summed E-state index contributed by atoms with van der Waals surface area (Å²) in [4.78, 5) is 27.9. The minimum Gasteiger partial charge on any atom is -0.348 e. The van der Waals surface area contributed by atoms with E-state index in [1.807, 2.05) is 38.4 Å². The molecule has 26 heavy (non-hydrogen) atoms. The average Bonchev–Trinajstić information content (AvgIpc) is 3.03. The Hall–Kier alpha value is -2.66. The van der Waals surface area contributed by atoms with Crippen LogP contribution in [0.15, 0.2) is 42.5 Å². The molecule has 2 aromatic rings. The second-order valence-electron chi connectivity index (χ2n) is 7.00. The summed E-state index contributed by atoms with van der Waals surface area (Å²) in [7, 11) is 4.08. The number of rotatable bonds is 5. The minimum atomic E-state index is -0.0913. The van der Waals surface area contributed by atoms with Gasteiger partial charge >= 0.3 is 0 Å². The minimum absolute atomic E-state index is 0.0404. The van der Waals surface area contributed by atoms with E-state index in [1.54, 1.807) is 17.9 Å². The molecule has 0 aromatic heterocycles. The average molecular weight is 351 g/mol. The summed E-state index contributed by atoms with van der Waals surface area (Å²) in [5.41, 5.74) is 4.94. The number of hydrogen-bond donors (Lipinski definition) is 1. The third-order valence-electron chi connectivity index (χ3n) is 4.59. The van der Waals surface area contributed by atoms with Gasteiger partial charge in [-0.1, -0.05) is 24.3 Å². The third-order valence-corrected chi connectivity index (χ3v) is 4.59. The lowest BCUT2D eigenvalue weighted by Gasteiger charge is -2.15. The molecule has 5 nitrogen and oxygen atoms in total. The van der Waals surface area contributed by atoms with Gasteiger partial charge in [0.05, 0.1) is 0 Å². The molecule has 2 aromatic carbocycles. The second-order valence-corrected chi connectivity index (χ2v) is 7.00. The summed E-state index contributed by atoms with van der Waals surface area (Å²) in [5, 5.41) is 2.97. The van der Waals surface area contributed by atoms with Crippen molar-refractivity contribution in [2.24, 2.45) is 0 Å². The fraction of sp³-hybridized carbons (Fsp3) is 0.333. The SMILES string of the molecule is CC(=O)N1CCc2cc(C(=O)NCc3ccc(CN(C)C)cc3)ccc21. The lowest BCUT2D eigenvalue weighted by Crippen LogP contribution is -2.26. The number of carbonyl (C=O) groups is 2. The quantitative estimate of drug-likeness (QED) is 0.901. The summed E-state index contributed by atoms with van der Waals surface area (Å²) < 4.78 is 0.